The van der Waals surface area contributed by atoms with Crippen LogP contribution in [-0.4, -0.2) is 28.7 Å². The fraction of sp³-hybridized carbons (Fsp3) is 0.233. The van der Waals surface area contributed by atoms with Crippen LogP contribution in [-0.2, 0) is 20.6 Å². The van der Waals surface area contributed by atoms with Gasteiger partial charge >= 0.3 is 6.18 Å². The number of benzene rings is 3. The fourth-order valence-electron chi connectivity index (χ4n) is 6.14. The molecule has 3 heterocycles. The highest BCUT2D eigenvalue weighted by atomic mass is 19.4. The zero-order valence-corrected chi connectivity index (χ0v) is 21.1. The largest absolute Gasteiger partial charge is 0.416 e. The first-order valence-electron chi connectivity index (χ1n) is 12.5. The van der Waals surface area contributed by atoms with Crippen molar-refractivity contribution in [3.63, 3.8) is 0 Å². The number of fused-ring (bicyclic) bond motifs is 5. The van der Waals surface area contributed by atoms with Crippen molar-refractivity contribution in [1.82, 2.24) is 4.90 Å². The summed E-state index contributed by atoms with van der Waals surface area (Å²) in [5.41, 5.74) is 2.94. The lowest BCUT2D eigenvalue weighted by atomic mass is 9.84. The van der Waals surface area contributed by atoms with Crippen LogP contribution < -0.4 is 10.2 Å². The minimum atomic E-state index is -4.58. The Morgan fingerprint density at radius 3 is 2.38 bits per heavy atom. The summed E-state index contributed by atoms with van der Waals surface area (Å²) >= 11 is 0. The number of rotatable bonds is 3. The number of carbonyl (C=O) groups is 3. The number of hydrogen-bond donors (Lipinski definition) is 1. The molecule has 9 heteroatoms. The first-order valence-corrected chi connectivity index (χ1v) is 12.5. The number of aryl methyl sites for hydroxylation is 2. The molecule has 4 atom stereocenters. The number of carbonyl (C=O) groups excluding carboxylic acids is 3. The Kier molecular flexibility index (Phi) is 5.64. The number of alkyl halides is 3. The van der Waals surface area contributed by atoms with E-state index < -0.39 is 53.4 Å². The molecule has 1 N–H and O–H groups in total. The van der Waals surface area contributed by atoms with Crippen molar-refractivity contribution in [2.24, 2.45) is 11.8 Å². The summed E-state index contributed by atoms with van der Waals surface area (Å²) in [6, 6.07) is 15.6. The zero-order chi connectivity index (χ0) is 27.6. The molecule has 3 aromatic rings. The Morgan fingerprint density at radius 2 is 1.64 bits per heavy atom. The van der Waals surface area contributed by atoms with Gasteiger partial charge in [-0.25, -0.2) is 4.90 Å². The number of anilines is 2. The van der Waals surface area contributed by atoms with Gasteiger partial charge in [0.05, 0.1) is 29.1 Å². The molecule has 3 aliphatic rings. The first kappa shape index (κ1) is 24.9. The van der Waals surface area contributed by atoms with Gasteiger partial charge in [0.25, 0.3) is 0 Å². The van der Waals surface area contributed by atoms with Crippen molar-refractivity contribution in [1.29, 1.82) is 0 Å². The predicted octanol–water partition coefficient (Wildman–Crippen LogP) is 5.48. The maximum atomic E-state index is 14.0. The number of halogens is 3. The van der Waals surface area contributed by atoms with E-state index in [2.05, 4.69) is 5.32 Å². The van der Waals surface area contributed by atoms with Gasteiger partial charge in [-0.2, -0.15) is 13.2 Å². The van der Waals surface area contributed by atoms with Crippen molar-refractivity contribution in [2.45, 2.75) is 32.1 Å². The van der Waals surface area contributed by atoms with Crippen LogP contribution in [0.5, 0.6) is 0 Å². The first-order chi connectivity index (χ1) is 18.6. The Labute approximate surface area is 222 Å². The van der Waals surface area contributed by atoms with E-state index in [1.54, 1.807) is 17.2 Å². The third kappa shape index (κ3) is 3.91. The third-order valence-electron chi connectivity index (χ3n) is 7.78. The lowest BCUT2D eigenvalue weighted by Crippen LogP contribution is -2.46. The summed E-state index contributed by atoms with van der Waals surface area (Å²) in [5, 5.41) is 2.58. The Morgan fingerprint density at radius 1 is 0.897 bits per heavy atom. The van der Waals surface area contributed by atoms with Crippen molar-refractivity contribution in [3.8, 4) is 0 Å². The van der Waals surface area contributed by atoms with E-state index in [-0.39, 0.29) is 5.69 Å². The third-order valence-corrected chi connectivity index (χ3v) is 7.78. The fourth-order valence-corrected chi connectivity index (χ4v) is 6.14. The summed E-state index contributed by atoms with van der Waals surface area (Å²) in [6.45, 7) is 3.73. The smallest absolute Gasteiger partial charge is 0.357 e. The molecule has 3 aliphatic heterocycles. The van der Waals surface area contributed by atoms with Crippen LogP contribution >= 0.6 is 0 Å². The highest BCUT2D eigenvalue weighted by molar-refractivity contribution is 6.24. The molecule has 2 fully saturated rings. The monoisotopic (exact) mass is 531 g/mol. The molecule has 0 unspecified atom stereocenters. The van der Waals surface area contributed by atoms with Crippen LogP contribution in [0.2, 0.25) is 0 Å². The molecule has 2 saturated heterocycles. The second-order valence-electron chi connectivity index (χ2n) is 10.2. The van der Waals surface area contributed by atoms with E-state index in [9.17, 15) is 27.6 Å². The van der Waals surface area contributed by atoms with E-state index in [0.29, 0.717) is 5.69 Å². The summed E-state index contributed by atoms with van der Waals surface area (Å²) in [5.74, 6) is -3.42. The lowest BCUT2D eigenvalue weighted by molar-refractivity contribution is -0.137. The summed E-state index contributed by atoms with van der Waals surface area (Å²) in [7, 11) is 0. The molecule has 6 nitrogen and oxygen atoms in total. The van der Waals surface area contributed by atoms with Crippen LogP contribution in [0.3, 0.4) is 0 Å². The molecule has 0 spiro atoms. The van der Waals surface area contributed by atoms with Gasteiger partial charge in [-0.15, -0.1) is 0 Å². The van der Waals surface area contributed by atoms with E-state index >= 15 is 0 Å². The second kappa shape index (κ2) is 8.83. The molecule has 0 saturated carbocycles. The van der Waals surface area contributed by atoms with Gasteiger partial charge < -0.3 is 10.2 Å². The highest BCUT2D eigenvalue weighted by Gasteiger charge is 2.64. The predicted molar refractivity (Wildman–Crippen MR) is 139 cm³/mol. The van der Waals surface area contributed by atoms with Crippen LogP contribution in [0.15, 0.2) is 72.9 Å². The number of nitrogens with one attached hydrogen (secondary N) is 1. The van der Waals surface area contributed by atoms with Gasteiger partial charge in [0, 0.05) is 11.9 Å². The van der Waals surface area contributed by atoms with E-state index in [4.69, 9.17) is 0 Å². The minimum Gasteiger partial charge on any atom is -0.357 e. The standard InChI is InChI=1S/C30H24F3N3O3/c1-16-10-11-22(17(2)14-16)36-28(38)23-24(29(36)39)26(35-13-12-18-6-3-4-9-21(18)25(23)35)27(37)34-20-8-5-7-19(15-20)30(31,32)33/h3-15,23-26H,1-2H3,(H,34,37)/t23-,24+,25+,26-/m0/s1. The molecule has 0 bridgehead atoms. The molecule has 3 aromatic carbocycles. The van der Waals surface area contributed by atoms with Crippen molar-refractivity contribution in [2.75, 3.05) is 10.2 Å². The minimum absolute atomic E-state index is 0.0424. The van der Waals surface area contributed by atoms with E-state index in [1.165, 1.54) is 17.0 Å². The van der Waals surface area contributed by atoms with Crippen LogP contribution in [0, 0.1) is 25.7 Å². The number of imide groups is 1. The summed E-state index contributed by atoms with van der Waals surface area (Å²) in [4.78, 5) is 44.6. The topological polar surface area (TPSA) is 69.7 Å². The summed E-state index contributed by atoms with van der Waals surface area (Å²) in [6.07, 6.45) is -1.07. The normalized spacial score (nSPS) is 23.5. The van der Waals surface area contributed by atoms with Gasteiger partial charge in [0.15, 0.2) is 0 Å². The number of hydrogen-bond acceptors (Lipinski definition) is 4. The zero-order valence-electron chi connectivity index (χ0n) is 21.1. The van der Waals surface area contributed by atoms with Gasteiger partial charge in [-0.05, 0) is 60.9 Å². The Balaban J connectivity index is 1.43. The summed E-state index contributed by atoms with van der Waals surface area (Å²) < 4.78 is 39.8. The molecule has 3 amide bonds. The number of nitrogens with zero attached hydrogens (tertiary/aromatic N) is 2. The maximum Gasteiger partial charge on any atom is 0.416 e. The maximum absolute atomic E-state index is 14.0. The second-order valence-corrected chi connectivity index (χ2v) is 10.2. The van der Waals surface area contributed by atoms with Gasteiger partial charge in [-0.1, -0.05) is 48.0 Å². The average Bonchev–Trinajstić information content (AvgIpc) is 3.37. The van der Waals surface area contributed by atoms with E-state index in [1.807, 2.05) is 56.3 Å². The van der Waals surface area contributed by atoms with Crippen molar-refractivity contribution in [3.05, 3.63) is 101 Å². The lowest BCUT2D eigenvalue weighted by Gasteiger charge is -2.35. The van der Waals surface area contributed by atoms with E-state index in [0.717, 1.165) is 34.4 Å². The van der Waals surface area contributed by atoms with Gasteiger partial charge in [0.1, 0.15) is 6.04 Å². The van der Waals surface area contributed by atoms with Crippen molar-refractivity contribution < 1.29 is 27.6 Å². The molecular formula is C30H24F3N3O3. The molecule has 0 radical (unpaired) electrons. The quantitative estimate of drug-likeness (QED) is 0.455. The molecule has 6 rings (SSSR count). The molecule has 0 aliphatic carbocycles. The molecule has 0 aromatic heterocycles. The molecule has 198 valence electrons. The molecular weight excluding hydrogens is 507 g/mol. The SMILES string of the molecule is Cc1ccc(N2C(=O)[C@@H]3[C@H](C2=O)[C@H]2c4ccccc4C=CN2[C@@H]3C(=O)Nc2cccc(C(F)(F)F)c2)c(C)c1. The Bertz CT molecular complexity index is 1560. The van der Waals surface area contributed by atoms with Gasteiger partial charge in [0.2, 0.25) is 17.7 Å². The number of amides is 3. The van der Waals surface area contributed by atoms with Crippen molar-refractivity contribution >= 4 is 35.2 Å². The molecule has 39 heavy (non-hydrogen) atoms. The van der Waals surface area contributed by atoms with Gasteiger partial charge in [-0.3, -0.25) is 14.4 Å². The van der Waals surface area contributed by atoms with Crippen LogP contribution in [0.4, 0.5) is 24.5 Å². The van der Waals surface area contributed by atoms with Crippen LogP contribution in [0.1, 0.15) is 33.9 Å². The van der Waals surface area contributed by atoms with Crippen LogP contribution in [0.25, 0.3) is 6.08 Å². The Hall–Kier alpha value is -4.40. The average molecular weight is 532 g/mol. The highest BCUT2D eigenvalue weighted by Crippen LogP contribution is 2.53.